The molecule has 0 atom stereocenters. The molecule has 0 aliphatic carbocycles. The molecule has 0 spiro atoms. The van der Waals surface area contributed by atoms with E-state index in [0.717, 1.165) is 12.8 Å². The topological polar surface area (TPSA) is 72.2 Å². The Kier molecular flexibility index (Phi) is 4.43. The fourth-order valence-electron chi connectivity index (χ4n) is 1.51. The summed E-state index contributed by atoms with van der Waals surface area (Å²) in [7, 11) is 0. The summed E-state index contributed by atoms with van der Waals surface area (Å²) in [6, 6.07) is 1.71. The molecule has 1 heterocycles. The monoisotopic (exact) mass is 238 g/mol. The highest BCUT2D eigenvalue weighted by Gasteiger charge is 2.25. The van der Waals surface area contributed by atoms with Crippen LogP contribution in [0, 0.1) is 5.41 Å². The Hall–Kier alpha value is -1.65. The molecule has 94 valence electrons. The minimum Gasteiger partial charge on any atom is -0.481 e. The molecule has 0 saturated carbocycles. The summed E-state index contributed by atoms with van der Waals surface area (Å²) in [5.74, 6) is -0.781. The largest absolute Gasteiger partial charge is 0.481 e. The maximum absolute atomic E-state index is 11.3. The van der Waals surface area contributed by atoms with Gasteiger partial charge in [-0.2, -0.15) is 0 Å². The number of aryl methyl sites for hydroxylation is 1. The summed E-state index contributed by atoms with van der Waals surface area (Å²) in [4.78, 5) is 25.8. The van der Waals surface area contributed by atoms with Crippen molar-refractivity contribution in [1.29, 1.82) is 0 Å². The molecule has 0 aliphatic heterocycles. The van der Waals surface area contributed by atoms with E-state index in [-0.39, 0.29) is 5.69 Å². The van der Waals surface area contributed by atoms with Crippen LogP contribution in [0.2, 0.25) is 0 Å². The lowest BCUT2D eigenvalue weighted by Gasteiger charge is -2.18. The highest BCUT2D eigenvalue weighted by Crippen LogP contribution is 2.23. The summed E-state index contributed by atoms with van der Waals surface area (Å²) in [5, 5.41) is 8.94. The van der Waals surface area contributed by atoms with Crippen molar-refractivity contribution in [3.8, 4) is 0 Å². The van der Waals surface area contributed by atoms with Gasteiger partial charge in [0, 0.05) is 18.9 Å². The zero-order valence-electron chi connectivity index (χ0n) is 10.2. The summed E-state index contributed by atoms with van der Waals surface area (Å²) >= 11 is 0. The van der Waals surface area contributed by atoms with Crippen LogP contribution in [0.5, 0.6) is 0 Å². The van der Waals surface area contributed by atoms with Crippen LogP contribution in [0.15, 0.2) is 23.3 Å². The number of carbonyl (C=O) groups is 1. The zero-order valence-corrected chi connectivity index (χ0v) is 10.2. The van der Waals surface area contributed by atoms with Crippen LogP contribution in [0.25, 0.3) is 0 Å². The number of hydrogen-bond donors (Lipinski definition) is 1. The third kappa shape index (κ3) is 4.01. The molecule has 1 rings (SSSR count). The molecule has 0 fully saturated rings. The van der Waals surface area contributed by atoms with E-state index in [1.54, 1.807) is 26.1 Å². The average molecular weight is 238 g/mol. The Bertz CT molecular complexity index is 437. The molecule has 0 aliphatic rings. The van der Waals surface area contributed by atoms with Crippen molar-refractivity contribution in [2.45, 2.75) is 39.7 Å². The van der Waals surface area contributed by atoms with Crippen molar-refractivity contribution in [2.24, 2.45) is 5.41 Å². The van der Waals surface area contributed by atoms with Crippen LogP contribution in [-0.2, 0) is 11.3 Å². The molecule has 0 radical (unpaired) electrons. The molecule has 1 N–H and O–H groups in total. The summed E-state index contributed by atoms with van der Waals surface area (Å²) < 4.78 is 1.54. The van der Waals surface area contributed by atoms with E-state index >= 15 is 0 Å². The van der Waals surface area contributed by atoms with Gasteiger partial charge in [-0.3, -0.25) is 9.36 Å². The van der Waals surface area contributed by atoms with E-state index in [1.165, 1.54) is 10.8 Å². The quantitative estimate of drug-likeness (QED) is 0.763. The molecule has 5 nitrogen and oxygen atoms in total. The molecular weight excluding hydrogens is 220 g/mol. The van der Waals surface area contributed by atoms with Crippen LogP contribution >= 0.6 is 0 Å². The lowest BCUT2D eigenvalue weighted by Crippen LogP contribution is -2.24. The average Bonchev–Trinajstić information content (AvgIpc) is 2.26. The van der Waals surface area contributed by atoms with E-state index < -0.39 is 11.4 Å². The molecular formula is C12H18N2O3. The number of aromatic nitrogens is 2. The van der Waals surface area contributed by atoms with E-state index in [1.807, 2.05) is 0 Å². The van der Waals surface area contributed by atoms with Gasteiger partial charge in [0.2, 0.25) is 0 Å². The van der Waals surface area contributed by atoms with Crippen LogP contribution in [-0.4, -0.2) is 20.6 Å². The first kappa shape index (κ1) is 13.4. The van der Waals surface area contributed by atoms with Gasteiger partial charge in [-0.1, -0.05) is 6.42 Å². The fraction of sp³-hybridized carbons (Fsp3) is 0.583. The molecule has 0 aromatic carbocycles. The Morgan fingerprint density at radius 1 is 1.47 bits per heavy atom. The van der Waals surface area contributed by atoms with E-state index in [4.69, 9.17) is 5.11 Å². The Morgan fingerprint density at radius 2 is 2.18 bits per heavy atom. The van der Waals surface area contributed by atoms with Crippen molar-refractivity contribution >= 4 is 5.97 Å². The van der Waals surface area contributed by atoms with Crippen molar-refractivity contribution in [1.82, 2.24) is 9.55 Å². The minimum atomic E-state index is -0.781. The van der Waals surface area contributed by atoms with E-state index in [0.29, 0.717) is 13.0 Å². The Morgan fingerprint density at radius 3 is 2.76 bits per heavy atom. The lowest BCUT2D eigenvalue weighted by atomic mass is 9.87. The van der Waals surface area contributed by atoms with Gasteiger partial charge in [0.05, 0.1) is 5.41 Å². The molecule has 0 bridgehead atoms. The number of carboxylic acids is 1. The Balaban J connectivity index is 2.37. The van der Waals surface area contributed by atoms with Gasteiger partial charge in [-0.15, -0.1) is 0 Å². The summed E-state index contributed by atoms with van der Waals surface area (Å²) in [6.45, 7) is 4.01. The number of rotatable bonds is 6. The third-order valence-corrected chi connectivity index (χ3v) is 2.81. The maximum atomic E-state index is 11.3. The fourth-order valence-corrected chi connectivity index (χ4v) is 1.51. The van der Waals surface area contributed by atoms with Gasteiger partial charge in [0.15, 0.2) is 0 Å². The normalized spacial score (nSPS) is 11.4. The van der Waals surface area contributed by atoms with Crippen molar-refractivity contribution < 1.29 is 9.90 Å². The smallest absolute Gasteiger partial charge is 0.347 e. The van der Waals surface area contributed by atoms with Crippen molar-refractivity contribution in [3.05, 3.63) is 28.9 Å². The molecule has 5 heteroatoms. The number of nitrogens with zero attached hydrogens (tertiary/aromatic N) is 2. The van der Waals surface area contributed by atoms with Crippen LogP contribution in [0.3, 0.4) is 0 Å². The number of carboxylic acid groups (broad SMARTS) is 1. The van der Waals surface area contributed by atoms with Gasteiger partial charge in [-0.05, 0) is 32.8 Å². The number of unbranched alkanes of at least 4 members (excludes halogenated alkanes) is 1. The third-order valence-electron chi connectivity index (χ3n) is 2.81. The predicted molar refractivity (Wildman–Crippen MR) is 63.8 cm³/mol. The summed E-state index contributed by atoms with van der Waals surface area (Å²) in [6.07, 6.45) is 5.32. The highest BCUT2D eigenvalue weighted by molar-refractivity contribution is 5.73. The van der Waals surface area contributed by atoms with Crippen LogP contribution < -0.4 is 5.69 Å². The van der Waals surface area contributed by atoms with E-state index in [2.05, 4.69) is 4.98 Å². The zero-order chi connectivity index (χ0) is 12.9. The number of hydrogen-bond acceptors (Lipinski definition) is 3. The SMILES string of the molecule is CC(C)(CCCCn1cccnc1=O)C(=O)O. The molecule has 1 aromatic rings. The molecule has 0 saturated heterocycles. The van der Waals surface area contributed by atoms with Crippen LogP contribution in [0.1, 0.15) is 33.1 Å². The van der Waals surface area contributed by atoms with Crippen molar-refractivity contribution in [3.63, 3.8) is 0 Å². The van der Waals surface area contributed by atoms with Gasteiger partial charge in [0.1, 0.15) is 0 Å². The standard InChI is InChI=1S/C12H18N2O3/c1-12(2,10(15)16)6-3-4-8-14-9-5-7-13-11(14)17/h5,7,9H,3-4,6,8H2,1-2H3,(H,15,16). The second kappa shape index (κ2) is 5.61. The molecule has 17 heavy (non-hydrogen) atoms. The Labute approximate surface area is 100 Å². The first-order valence-electron chi connectivity index (χ1n) is 5.68. The number of aliphatic carboxylic acids is 1. The first-order chi connectivity index (χ1) is 7.93. The first-order valence-corrected chi connectivity index (χ1v) is 5.68. The lowest BCUT2D eigenvalue weighted by molar-refractivity contribution is -0.147. The maximum Gasteiger partial charge on any atom is 0.347 e. The second-order valence-corrected chi connectivity index (χ2v) is 4.74. The van der Waals surface area contributed by atoms with Gasteiger partial charge < -0.3 is 5.11 Å². The minimum absolute atomic E-state index is 0.259. The highest BCUT2D eigenvalue weighted by atomic mass is 16.4. The van der Waals surface area contributed by atoms with Gasteiger partial charge in [0.25, 0.3) is 0 Å². The summed E-state index contributed by atoms with van der Waals surface area (Å²) in [5.41, 5.74) is -0.954. The predicted octanol–water partition coefficient (Wildman–Crippen LogP) is 1.52. The van der Waals surface area contributed by atoms with Gasteiger partial charge in [-0.25, -0.2) is 9.78 Å². The van der Waals surface area contributed by atoms with Crippen LogP contribution in [0.4, 0.5) is 0 Å². The van der Waals surface area contributed by atoms with E-state index in [9.17, 15) is 9.59 Å². The second-order valence-electron chi connectivity index (χ2n) is 4.74. The molecule has 1 aromatic heterocycles. The van der Waals surface area contributed by atoms with Crippen molar-refractivity contribution in [2.75, 3.05) is 0 Å². The van der Waals surface area contributed by atoms with Gasteiger partial charge >= 0.3 is 11.7 Å². The molecule has 0 amide bonds. The molecule has 0 unspecified atom stereocenters.